The normalized spacial score (nSPS) is 11.5. The van der Waals surface area contributed by atoms with Crippen molar-refractivity contribution in [1.82, 2.24) is 0 Å². The van der Waals surface area contributed by atoms with Crippen LogP contribution in [0.25, 0.3) is 0 Å². The Balaban J connectivity index is 2.66. The number of nitrogens with one attached hydrogen (secondary N) is 1. The lowest BCUT2D eigenvalue weighted by Gasteiger charge is -2.09. The minimum absolute atomic E-state index is 0.206. The molecule has 0 radical (unpaired) electrons. The Kier molecular flexibility index (Phi) is 3.83. The Bertz CT molecular complexity index is 378. The Labute approximate surface area is 88.7 Å². The third-order valence-corrected chi connectivity index (χ3v) is 2.06. The second-order valence-corrected chi connectivity index (χ2v) is 3.19. The van der Waals surface area contributed by atoms with Crippen molar-refractivity contribution in [2.24, 2.45) is 5.73 Å². The first-order chi connectivity index (χ1) is 7.17. The summed E-state index contributed by atoms with van der Waals surface area (Å²) in [6, 6.07) is 8.17. The highest BCUT2D eigenvalue weighted by atomic mass is 16.2. The van der Waals surface area contributed by atoms with Crippen molar-refractivity contribution in [2.75, 3.05) is 5.32 Å². The third kappa shape index (κ3) is 3.08. The number of amides is 1. The average Bonchev–Trinajstić information content (AvgIpc) is 2.29. The number of carbonyl (C=O) groups excluding carboxylic acids is 1. The van der Waals surface area contributed by atoms with E-state index in [9.17, 15) is 4.79 Å². The van der Waals surface area contributed by atoms with E-state index in [0.717, 1.165) is 0 Å². The van der Waals surface area contributed by atoms with E-state index in [1.165, 1.54) is 0 Å². The highest BCUT2D eigenvalue weighted by Crippen LogP contribution is 2.09. The molecule has 0 spiro atoms. The number of rotatable bonds is 3. The monoisotopic (exact) mass is 203 g/mol. The fourth-order valence-electron chi connectivity index (χ4n) is 1.05. The molecule has 1 amide bonds. The highest BCUT2D eigenvalue weighted by Gasteiger charge is 2.10. The van der Waals surface area contributed by atoms with Crippen LogP contribution in [0.2, 0.25) is 0 Å². The first-order valence-corrected chi connectivity index (χ1v) is 4.74. The lowest BCUT2D eigenvalue weighted by Crippen LogP contribution is -2.34. The molecule has 0 aromatic heterocycles. The first kappa shape index (κ1) is 11.2. The van der Waals surface area contributed by atoms with Gasteiger partial charge in [-0.2, -0.15) is 5.26 Å². The Morgan fingerprint density at radius 2 is 2.13 bits per heavy atom. The van der Waals surface area contributed by atoms with Crippen LogP contribution in [0.3, 0.4) is 0 Å². The smallest absolute Gasteiger partial charge is 0.241 e. The standard InChI is InChI=1S/C11H13N3O/c1-2-10(13)11(15)14-9-5-3-8(7-12)4-6-9/h3-6,10H,2,13H2,1H3,(H,14,15). The number of nitrogens with two attached hydrogens (primary N) is 1. The van der Waals surface area contributed by atoms with Gasteiger partial charge in [0, 0.05) is 5.69 Å². The van der Waals surface area contributed by atoms with E-state index in [4.69, 9.17) is 11.0 Å². The molecule has 1 aromatic carbocycles. The summed E-state index contributed by atoms with van der Waals surface area (Å²) in [7, 11) is 0. The Morgan fingerprint density at radius 3 is 2.60 bits per heavy atom. The van der Waals surface area contributed by atoms with Crippen LogP contribution in [0.5, 0.6) is 0 Å². The van der Waals surface area contributed by atoms with Gasteiger partial charge in [0.15, 0.2) is 0 Å². The van der Waals surface area contributed by atoms with Gasteiger partial charge in [0.1, 0.15) is 0 Å². The van der Waals surface area contributed by atoms with Crippen molar-refractivity contribution in [1.29, 1.82) is 5.26 Å². The van der Waals surface area contributed by atoms with Crippen LogP contribution in [-0.2, 0) is 4.79 Å². The number of carbonyl (C=O) groups is 1. The summed E-state index contributed by atoms with van der Waals surface area (Å²) in [6.07, 6.45) is 0.599. The van der Waals surface area contributed by atoms with Crippen LogP contribution in [-0.4, -0.2) is 11.9 Å². The van der Waals surface area contributed by atoms with Crippen LogP contribution in [0.15, 0.2) is 24.3 Å². The number of hydrogen-bond donors (Lipinski definition) is 2. The zero-order valence-electron chi connectivity index (χ0n) is 8.53. The number of anilines is 1. The van der Waals surface area contributed by atoms with Crippen molar-refractivity contribution in [3.63, 3.8) is 0 Å². The molecule has 4 heteroatoms. The van der Waals surface area contributed by atoms with Gasteiger partial charge in [-0.25, -0.2) is 0 Å². The molecule has 0 aliphatic heterocycles. The van der Waals surface area contributed by atoms with E-state index in [1.54, 1.807) is 24.3 Å². The molecule has 0 saturated carbocycles. The van der Waals surface area contributed by atoms with Gasteiger partial charge in [0.2, 0.25) is 5.91 Å². The van der Waals surface area contributed by atoms with E-state index < -0.39 is 6.04 Å². The van der Waals surface area contributed by atoms with Crippen LogP contribution in [0.1, 0.15) is 18.9 Å². The largest absolute Gasteiger partial charge is 0.325 e. The summed E-state index contributed by atoms with van der Waals surface area (Å²) in [5.74, 6) is -0.206. The molecular formula is C11H13N3O. The van der Waals surface area contributed by atoms with Gasteiger partial charge in [-0.15, -0.1) is 0 Å². The lowest BCUT2D eigenvalue weighted by atomic mass is 10.2. The van der Waals surface area contributed by atoms with E-state index in [0.29, 0.717) is 17.7 Å². The van der Waals surface area contributed by atoms with Crippen molar-refractivity contribution in [3.8, 4) is 6.07 Å². The van der Waals surface area contributed by atoms with Gasteiger partial charge in [-0.3, -0.25) is 4.79 Å². The Hall–Kier alpha value is -1.86. The van der Waals surface area contributed by atoms with Gasteiger partial charge in [0.05, 0.1) is 17.7 Å². The number of benzene rings is 1. The summed E-state index contributed by atoms with van der Waals surface area (Å²) < 4.78 is 0. The summed E-state index contributed by atoms with van der Waals surface area (Å²) >= 11 is 0. The van der Waals surface area contributed by atoms with E-state index in [-0.39, 0.29) is 5.91 Å². The maximum atomic E-state index is 11.4. The summed E-state index contributed by atoms with van der Waals surface area (Å²) in [4.78, 5) is 11.4. The van der Waals surface area contributed by atoms with E-state index in [2.05, 4.69) is 5.32 Å². The molecule has 0 heterocycles. The predicted molar refractivity (Wildman–Crippen MR) is 58.1 cm³/mol. The topological polar surface area (TPSA) is 78.9 Å². The fourth-order valence-corrected chi connectivity index (χ4v) is 1.05. The van der Waals surface area contributed by atoms with Crippen molar-refractivity contribution in [3.05, 3.63) is 29.8 Å². The van der Waals surface area contributed by atoms with Crippen LogP contribution >= 0.6 is 0 Å². The fraction of sp³-hybridized carbons (Fsp3) is 0.273. The van der Waals surface area contributed by atoms with Gasteiger partial charge >= 0.3 is 0 Å². The zero-order chi connectivity index (χ0) is 11.3. The van der Waals surface area contributed by atoms with Gasteiger partial charge in [0.25, 0.3) is 0 Å². The third-order valence-electron chi connectivity index (χ3n) is 2.06. The summed E-state index contributed by atoms with van der Waals surface area (Å²) in [6.45, 7) is 1.85. The molecule has 4 nitrogen and oxygen atoms in total. The minimum Gasteiger partial charge on any atom is -0.325 e. The van der Waals surface area contributed by atoms with Crippen LogP contribution < -0.4 is 11.1 Å². The Morgan fingerprint density at radius 1 is 1.53 bits per heavy atom. The number of nitriles is 1. The summed E-state index contributed by atoms with van der Waals surface area (Å²) in [5.41, 5.74) is 6.77. The molecule has 0 fully saturated rings. The minimum atomic E-state index is -0.486. The molecule has 15 heavy (non-hydrogen) atoms. The number of hydrogen-bond acceptors (Lipinski definition) is 3. The molecule has 0 aliphatic rings. The van der Waals surface area contributed by atoms with Gasteiger partial charge in [-0.1, -0.05) is 6.92 Å². The second-order valence-electron chi connectivity index (χ2n) is 3.19. The van der Waals surface area contributed by atoms with Crippen molar-refractivity contribution >= 4 is 11.6 Å². The molecule has 1 unspecified atom stereocenters. The molecule has 1 rings (SSSR count). The maximum absolute atomic E-state index is 11.4. The first-order valence-electron chi connectivity index (χ1n) is 4.74. The quantitative estimate of drug-likeness (QED) is 0.775. The predicted octanol–water partition coefficient (Wildman–Crippen LogP) is 1.23. The molecule has 0 bridgehead atoms. The van der Waals surface area contributed by atoms with Gasteiger partial charge in [-0.05, 0) is 30.7 Å². The van der Waals surface area contributed by atoms with Gasteiger partial charge < -0.3 is 11.1 Å². The molecule has 0 saturated heterocycles. The molecule has 1 aromatic rings. The molecule has 3 N–H and O–H groups in total. The maximum Gasteiger partial charge on any atom is 0.241 e. The molecule has 0 aliphatic carbocycles. The van der Waals surface area contributed by atoms with E-state index >= 15 is 0 Å². The van der Waals surface area contributed by atoms with E-state index in [1.807, 2.05) is 13.0 Å². The van der Waals surface area contributed by atoms with Crippen molar-refractivity contribution in [2.45, 2.75) is 19.4 Å². The number of nitrogens with zero attached hydrogens (tertiary/aromatic N) is 1. The van der Waals surface area contributed by atoms with Crippen LogP contribution in [0.4, 0.5) is 5.69 Å². The highest BCUT2D eigenvalue weighted by molar-refractivity contribution is 5.94. The second kappa shape index (κ2) is 5.13. The lowest BCUT2D eigenvalue weighted by molar-refractivity contribution is -0.117. The summed E-state index contributed by atoms with van der Waals surface area (Å²) in [5, 5.41) is 11.2. The van der Waals surface area contributed by atoms with Crippen molar-refractivity contribution < 1.29 is 4.79 Å². The SMILES string of the molecule is CCC(N)C(=O)Nc1ccc(C#N)cc1. The molecule has 1 atom stereocenters. The zero-order valence-corrected chi connectivity index (χ0v) is 8.53. The van der Waals surface area contributed by atoms with Crippen LogP contribution in [0, 0.1) is 11.3 Å². The molecular weight excluding hydrogens is 190 g/mol. The average molecular weight is 203 g/mol. The molecule has 78 valence electrons.